The third kappa shape index (κ3) is 17.9. The Morgan fingerprint density at radius 1 is 0.500 bits per heavy atom. The number of hydrogen-bond donors (Lipinski definition) is 0. The number of ether oxygens (including phenoxy) is 2. The lowest BCUT2D eigenvalue weighted by atomic mass is 10.1. The first-order chi connectivity index (χ1) is 9.63. The fourth-order valence-corrected chi connectivity index (χ4v) is 2.19. The molecule has 0 aliphatic heterocycles. The number of hydrogen-bond acceptors (Lipinski definition) is 2. The average molecular weight is 286 g/mol. The molecule has 20 heavy (non-hydrogen) atoms. The Morgan fingerprint density at radius 2 is 0.900 bits per heavy atom. The second kappa shape index (κ2) is 15.3. The molecule has 0 unspecified atom stereocenters. The molecule has 0 saturated carbocycles. The van der Waals surface area contributed by atoms with E-state index >= 15 is 0 Å². The summed E-state index contributed by atoms with van der Waals surface area (Å²) in [5, 5.41) is 0. The van der Waals surface area contributed by atoms with E-state index < -0.39 is 0 Å². The minimum Gasteiger partial charge on any atom is -0.379 e. The average Bonchev–Trinajstić information content (AvgIpc) is 2.38. The van der Waals surface area contributed by atoms with Crippen LogP contribution in [0.2, 0.25) is 0 Å². The Balaban J connectivity index is 2.96. The first-order valence-corrected chi connectivity index (χ1v) is 8.78. The van der Waals surface area contributed by atoms with Crippen LogP contribution in [-0.4, -0.2) is 26.4 Å². The van der Waals surface area contributed by atoms with Crippen LogP contribution in [-0.2, 0) is 9.47 Å². The molecule has 0 atom stereocenters. The van der Waals surface area contributed by atoms with Gasteiger partial charge in [-0.2, -0.15) is 0 Å². The summed E-state index contributed by atoms with van der Waals surface area (Å²) in [5.74, 6) is 1.68. The predicted molar refractivity (Wildman–Crippen MR) is 88.3 cm³/mol. The molecule has 0 aromatic rings. The monoisotopic (exact) mass is 286 g/mol. The van der Waals surface area contributed by atoms with Crippen molar-refractivity contribution < 1.29 is 9.47 Å². The van der Waals surface area contributed by atoms with Crippen LogP contribution in [0.4, 0.5) is 0 Å². The van der Waals surface area contributed by atoms with Crippen molar-refractivity contribution >= 4 is 0 Å². The first kappa shape index (κ1) is 19.9. The van der Waals surface area contributed by atoms with Crippen LogP contribution < -0.4 is 0 Å². The number of rotatable bonds is 15. The van der Waals surface area contributed by atoms with Gasteiger partial charge in [0.1, 0.15) is 0 Å². The van der Waals surface area contributed by atoms with E-state index in [9.17, 15) is 0 Å². The van der Waals surface area contributed by atoms with Crippen LogP contribution in [0.3, 0.4) is 0 Å². The smallest absolute Gasteiger partial charge is 0.0700 e. The summed E-state index contributed by atoms with van der Waals surface area (Å²) in [6.07, 6.45) is 10.4. The molecule has 0 fully saturated rings. The van der Waals surface area contributed by atoms with Crippen molar-refractivity contribution in [2.75, 3.05) is 26.4 Å². The van der Waals surface area contributed by atoms with Crippen LogP contribution in [0.5, 0.6) is 0 Å². The zero-order valence-electron chi connectivity index (χ0n) is 14.5. The van der Waals surface area contributed by atoms with Gasteiger partial charge >= 0.3 is 0 Å². The van der Waals surface area contributed by atoms with Gasteiger partial charge in [0.05, 0.1) is 13.2 Å². The van der Waals surface area contributed by atoms with Crippen LogP contribution in [0, 0.1) is 11.8 Å². The molecule has 0 saturated heterocycles. The van der Waals surface area contributed by atoms with Gasteiger partial charge in [-0.25, -0.2) is 0 Å². The van der Waals surface area contributed by atoms with Gasteiger partial charge in [0.25, 0.3) is 0 Å². The van der Waals surface area contributed by atoms with E-state index in [-0.39, 0.29) is 0 Å². The van der Waals surface area contributed by atoms with Crippen LogP contribution in [0.15, 0.2) is 0 Å². The Morgan fingerprint density at radius 3 is 1.25 bits per heavy atom. The van der Waals surface area contributed by atoms with Gasteiger partial charge in [-0.3, -0.25) is 0 Å². The normalized spacial score (nSPS) is 11.7. The summed E-state index contributed by atoms with van der Waals surface area (Å²) in [4.78, 5) is 0. The molecule has 0 rings (SSSR count). The highest BCUT2D eigenvalue weighted by molar-refractivity contribution is 4.48. The molecule has 0 aliphatic rings. The van der Waals surface area contributed by atoms with Gasteiger partial charge in [-0.05, 0) is 24.7 Å². The number of unbranched alkanes of at least 4 members (excludes halogenated alkanes) is 4. The topological polar surface area (TPSA) is 18.5 Å². The second-order valence-electron chi connectivity index (χ2n) is 6.71. The molecule has 0 N–H and O–H groups in total. The van der Waals surface area contributed by atoms with Gasteiger partial charge in [0.2, 0.25) is 0 Å². The summed E-state index contributed by atoms with van der Waals surface area (Å²) >= 11 is 0. The molecule has 2 nitrogen and oxygen atoms in total. The largest absolute Gasteiger partial charge is 0.379 e. The molecular formula is C18H38O2. The molecular weight excluding hydrogens is 248 g/mol. The lowest BCUT2D eigenvalue weighted by molar-refractivity contribution is 0.0447. The standard InChI is InChI=1S/C18H38O2/c1-17(2)11-7-5-9-13-19-15-16-20-14-10-6-8-12-18(3)4/h17-18H,5-16H2,1-4H3. The summed E-state index contributed by atoms with van der Waals surface area (Å²) < 4.78 is 11.1. The van der Waals surface area contributed by atoms with E-state index in [0.717, 1.165) is 38.3 Å². The zero-order chi connectivity index (χ0) is 15.1. The summed E-state index contributed by atoms with van der Waals surface area (Å²) in [6.45, 7) is 12.5. The Kier molecular flexibility index (Phi) is 15.3. The van der Waals surface area contributed by atoms with Crippen LogP contribution in [0.1, 0.15) is 79.1 Å². The fraction of sp³-hybridized carbons (Fsp3) is 1.00. The summed E-state index contributed by atoms with van der Waals surface area (Å²) in [6, 6.07) is 0. The van der Waals surface area contributed by atoms with Crippen molar-refractivity contribution in [3.05, 3.63) is 0 Å². The lowest BCUT2D eigenvalue weighted by Gasteiger charge is -2.07. The SMILES string of the molecule is CC(C)CCCCCOCCOCCCCCC(C)C. The first-order valence-electron chi connectivity index (χ1n) is 8.78. The van der Waals surface area contributed by atoms with Crippen molar-refractivity contribution in [3.8, 4) is 0 Å². The maximum Gasteiger partial charge on any atom is 0.0700 e. The molecule has 2 heteroatoms. The van der Waals surface area contributed by atoms with Crippen molar-refractivity contribution in [2.45, 2.75) is 79.1 Å². The van der Waals surface area contributed by atoms with E-state index in [1.54, 1.807) is 0 Å². The molecule has 0 bridgehead atoms. The van der Waals surface area contributed by atoms with Crippen molar-refractivity contribution in [1.29, 1.82) is 0 Å². The third-order valence-corrected chi connectivity index (χ3v) is 3.51. The van der Waals surface area contributed by atoms with Crippen LogP contribution in [0.25, 0.3) is 0 Å². The Labute approximate surface area is 127 Å². The minimum absolute atomic E-state index is 0.760. The quantitative estimate of drug-likeness (QED) is 0.373. The molecule has 0 amide bonds. The van der Waals surface area contributed by atoms with Gasteiger partial charge in [0.15, 0.2) is 0 Å². The molecule has 0 heterocycles. The summed E-state index contributed by atoms with van der Waals surface area (Å²) in [5.41, 5.74) is 0. The summed E-state index contributed by atoms with van der Waals surface area (Å²) in [7, 11) is 0. The molecule has 0 aromatic carbocycles. The van der Waals surface area contributed by atoms with Gasteiger partial charge in [-0.15, -0.1) is 0 Å². The molecule has 0 aromatic heterocycles. The van der Waals surface area contributed by atoms with Gasteiger partial charge in [-0.1, -0.05) is 66.2 Å². The van der Waals surface area contributed by atoms with E-state index in [1.807, 2.05) is 0 Å². The third-order valence-electron chi connectivity index (χ3n) is 3.51. The lowest BCUT2D eigenvalue weighted by Crippen LogP contribution is -2.06. The van der Waals surface area contributed by atoms with Gasteiger partial charge in [0, 0.05) is 13.2 Å². The second-order valence-corrected chi connectivity index (χ2v) is 6.71. The van der Waals surface area contributed by atoms with E-state index in [0.29, 0.717) is 0 Å². The maximum absolute atomic E-state index is 5.57. The molecule has 122 valence electrons. The Bertz CT molecular complexity index is 158. The fourth-order valence-electron chi connectivity index (χ4n) is 2.19. The maximum atomic E-state index is 5.57. The van der Waals surface area contributed by atoms with Crippen molar-refractivity contribution in [3.63, 3.8) is 0 Å². The molecule has 0 radical (unpaired) electrons. The van der Waals surface area contributed by atoms with E-state index in [2.05, 4.69) is 27.7 Å². The molecule has 0 aliphatic carbocycles. The minimum atomic E-state index is 0.760. The highest BCUT2D eigenvalue weighted by atomic mass is 16.5. The predicted octanol–water partition coefficient (Wildman–Crippen LogP) is 5.45. The van der Waals surface area contributed by atoms with E-state index in [4.69, 9.17) is 9.47 Å². The van der Waals surface area contributed by atoms with Crippen molar-refractivity contribution in [1.82, 2.24) is 0 Å². The van der Waals surface area contributed by atoms with Crippen molar-refractivity contribution in [2.24, 2.45) is 11.8 Å². The van der Waals surface area contributed by atoms with E-state index in [1.165, 1.54) is 51.4 Å². The zero-order valence-corrected chi connectivity index (χ0v) is 14.5. The van der Waals surface area contributed by atoms with Crippen LogP contribution >= 0.6 is 0 Å². The highest BCUT2D eigenvalue weighted by Gasteiger charge is 1.96. The highest BCUT2D eigenvalue weighted by Crippen LogP contribution is 2.08. The Hall–Kier alpha value is -0.0800. The van der Waals surface area contributed by atoms with Gasteiger partial charge < -0.3 is 9.47 Å². The molecule has 0 spiro atoms.